The molecular formula is C21H29N3O3. The van der Waals surface area contributed by atoms with Crippen molar-refractivity contribution < 1.29 is 14.3 Å². The van der Waals surface area contributed by atoms with E-state index in [-0.39, 0.29) is 17.2 Å². The summed E-state index contributed by atoms with van der Waals surface area (Å²) in [7, 11) is 1.53. The van der Waals surface area contributed by atoms with Crippen LogP contribution in [0.2, 0.25) is 0 Å². The number of rotatable bonds is 3. The van der Waals surface area contributed by atoms with Crippen LogP contribution in [0.3, 0.4) is 0 Å². The third-order valence-electron chi connectivity index (χ3n) is 6.62. The molecule has 1 aromatic heterocycles. The first-order valence-electron chi connectivity index (χ1n) is 10.2. The van der Waals surface area contributed by atoms with E-state index in [1.807, 2.05) is 4.90 Å². The normalized spacial score (nSPS) is 26.6. The Morgan fingerprint density at radius 1 is 1.19 bits per heavy atom. The van der Waals surface area contributed by atoms with Gasteiger partial charge in [-0.3, -0.25) is 9.59 Å². The van der Waals surface area contributed by atoms with Crippen LogP contribution in [-0.2, 0) is 4.79 Å². The summed E-state index contributed by atoms with van der Waals surface area (Å²) in [6, 6.07) is 3.90. The maximum Gasteiger partial charge on any atom is 0.259 e. The standard InChI is InChI=1S/C21H29N3O3/c1-27-18-17(9-5-12-22-18)19(25)23-14-11-21(15-23)10-6-13-24(20(21)26)16-7-3-2-4-8-16/h5,9,12,16H,2-4,6-8,10-11,13-15H2,1H3/t21-/m0/s1. The van der Waals surface area contributed by atoms with Crippen LogP contribution in [0.25, 0.3) is 0 Å². The first-order valence-corrected chi connectivity index (χ1v) is 10.2. The second kappa shape index (κ2) is 7.49. The summed E-state index contributed by atoms with van der Waals surface area (Å²) in [6.07, 6.45) is 10.3. The highest BCUT2D eigenvalue weighted by atomic mass is 16.5. The van der Waals surface area contributed by atoms with Gasteiger partial charge in [0.1, 0.15) is 5.56 Å². The number of pyridine rings is 1. The monoisotopic (exact) mass is 371 g/mol. The molecule has 146 valence electrons. The van der Waals surface area contributed by atoms with Crippen LogP contribution in [0.1, 0.15) is 61.7 Å². The SMILES string of the molecule is COc1ncccc1C(=O)N1CC[C@@]2(CCCN(C3CCCCC3)C2=O)C1. The maximum atomic E-state index is 13.4. The molecule has 0 unspecified atom stereocenters. The number of hydrogen-bond donors (Lipinski definition) is 0. The Hall–Kier alpha value is -2.11. The molecule has 1 saturated carbocycles. The van der Waals surface area contributed by atoms with E-state index in [1.54, 1.807) is 18.3 Å². The van der Waals surface area contributed by atoms with E-state index in [2.05, 4.69) is 9.88 Å². The zero-order valence-corrected chi connectivity index (χ0v) is 16.2. The summed E-state index contributed by atoms with van der Waals surface area (Å²) >= 11 is 0. The van der Waals surface area contributed by atoms with E-state index in [1.165, 1.54) is 26.4 Å². The number of piperidine rings is 1. The Bertz CT molecular complexity index is 716. The van der Waals surface area contributed by atoms with E-state index in [0.29, 0.717) is 30.6 Å². The highest BCUT2D eigenvalue weighted by Gasteiger charge is 2.50. The summed E-state index contributed by atoms with van der Waals surface area (Å²) in [5, 5.41) is 0. The number of carbonyl (C=O) groups excluding carboxylic acids is 2. The van der Waals surface area contributed by atoms with Gasteiger partial charge in [0, 0.05) is 31.9 Å². The van der Waals surface area contributed by atoms with Crippen LogP contribution in [-0.4, -0.2) is 59.4 Å². The van der Waals surface area contributed by atoms with Crippen molar-refractivity contribution in [2.75, 3.05) is 26.7 Å². The van der Waals surface area contributed by atoms with Crippen molar-refractivity contribution in [1.29, 1.82) is 0 Å². The summed E-state index contributed by atoms with van der Waals surface area (Å²) in [5.74, 6) is 0.552. The topological polar surface area (TPSA) is 62.7 Å². The molecule has 1 spiro atoms. The number of likely N-dealkylation sites (tertiary alicyclic amines) is 2. The number of ether oxygens (including phenoxy) is 1. The van der Waals surface area contributed by atoms with Crippen molar-refractivity contribution in [3.05, 3.63) is 23.9 Å². The number of nitrogens with zero attached hydrogens (tertiary/aromatic N) is 3. The molecule has 4 rings (SSSR count). The molecule has 6 heteroatoms. The van der Waals surface area contributed by atoms with Gasteiger partial charge >= 0.3 is 0 Å². The average Bonchev–Trinajstić information content (AvgIpc) is 3.15. The largest absolute Gasteiger partial charge is 0.480 e. The molecule has 27 heavy (non-hydrogen) atoms. The van der Waals surface area contributed by atoms with Gasteiger partial charge in [-0.05, 0) is 44.2 Å². The van der Waals surface area contributed by atoms with Gasteiger partial charge in [0.2, 0.25) is 11.8 Å². The molecule has 0 radical (unpaired) electrons. The fourth-order valence-electron chi connectivity index (χ4n) is 5.15. The van der Waals surface area contributed by atoms with Crippen molar-refractivity contribution in [2.24, 2.45) is 5.41 Å². The first-order chi connectivity index (χ1) is 13.1. The number of aromatic nitrogens is 1. The number of methoxy groups -OCH3 is 1. The van der Waals surface area contributed by atoms with Crippen molar-refractivity contribution in [2.45, 2.75) is 57.4 Å². The van der Waals surface area contributed by atoms with Gasteiger partial charge in [-0.2, -0.15) is 0 Å². The molecule has 2 saturated heterocycles. The van der Waals surface area contributed by atoms with E-state index in [9.17, 15) is 9.59 Å². The molecule has 0 N–H and O–H groups in total. The molecule has 2 aliphatic heterocycles. The molecule has 6 nitrogen and oxygen atoms in total. The van der Waals surface area contributed by atoms with E-state index >= 15 is 0 Å². The number of carbonyl (C=O) groups is 2. The van der Waals surface area contributed by atoms with Crippen molar-refractivity contribution in [3.63, 3.8) is 0 Å². The second-order valence-electron chi connectivity index (χ2n) is 8.21. The minimum Gasteiger partial charge on any atom is -0.480 e. The Balaban J connectivity index is 1.50. The van der Waals surface area contributed by atoms with Crippen LogP contribution in [0.4, 0.5) is 0 Å². The van der Waals surface area contributed by atoms with Crippen molar-refractivity contribution in [3.8, 4) is 5.88 Å². The van der Waals surface area contributed by atoms with Crippen LogP contribution >= 0.6 is 0 Å². The lowest BCUT2D eigenvalue weighted by atomic mass is 9.77. The zero-order valence-electron chi connectivity index (χ0n) is 16.2. The molecule has 3 heterocycles. The van der Waals surface area contributed by atoms with Crippen LogP contribution in [0.5, 0.6) is 5.88 Å². The molecule has 3 aliphatic rings. The Kier molecular flexibility index (Phi) is 5.06. The number of amides is 2. The van der Waals surface area contributed by atoms with Gasteiger partial charge < -0.3 is 14.5 Å². The van der Waals surface area contributed by atoms with Crippen molar-refractivity contribution in [1.82, 2.24) is 14.8 Å². The van der Waals surface area contributed by atoms with Gasteiger partial charge in [-0.1, -0.05) is 19.3 Å². The molecule has 2 amide bonds. The molecule has 1 aromatic rings. The van der Waals surface area contributed by atoms with Gasteiger partial charge in [0.05, 0.1) is 12.5 Å². The summed E-state index contributed by atoms with van der Waals surface area (Å²) in [4.78, 5) is 34.6. The Morgan fingerprint density at radius 2 is 2.00 bits per heavy atom. The van der Waals surface area contributed by atoms with Gasteiger partial charge in [-0.15, -0.1) is 0 Å². The fourth-order valence-corrected chi connectivity index (χ4v) is 5.15. The van der Waals surface area contributed by atoms with Crippen molar-refractivity contribution >= 4 is 11.8 Å². The maximum absolute atomic E-state index is 13.4. The first kappa shape index (κ1) is 18.3. The average molecular weight is 371 g/mol. The second-order valence-corrected chi connectivity index (χ2v) is 8.21. The molecule has 1 atom stereocenters. The smallest absolute Gasteiger partial charge is 0.259 e. The van der Waals surface area contributed by atoms with Crippen LogP contribution < -0.4 is 4.74 Å². The fraction of sp³-hybridized carbons (Fsp3) is 0.667. The Labute approximate surface area is 160 Å². The zero-order chi connectivity index (χ0) is 18.9. The van der Waals surface area contributed by atoms with E-state index < -0.39 is 0 Å². The lowest BCUT2D eigenvalue weighted by molar-refractivity contribution is -0.149. The van der Waals surface area contributed by atoms with Crippen LogP contribution in [0, 0.1) is 5.41 Å². The predicted octanol–water partition coefficient (Wildman–Crippen LogP) is 2.88. The third kappa shape index (κ3) is 3.30. The highest BCUT2D eigenvalue weighted by Crippen LogP contribution is 2.42. The lowest BCUT2D eigenvalue weighted by Crippen LogP contribution is -2.54. The minimum absolute atomic E-state index is 0.0839. The molecular weight excluding hydrogens is 342 g/mol. The quantitative estimate of drug-likeness (QED) is 0.820. The summed E-state index contributed by atoms with van der Waals surface area (Å²) in [5.41, 5.74) is 0.0882. The molecule has 3 fully saturated rings. The van der Waals surface area contributed by atoms with E-state index in [0.717, 1.165) is 38.6 Å². The minimum atomic E-state index is -0.388. The molecule has 1 aliphatic carbocycles. The van der Waals surface area contributed by atoms with Crippen LogP contribution in [0.15, 0.2) is 18.3 Å². The summed E-state index contributed by atoms with van der Waals surface area (Å²) < 4.78 is 5.25. The van der Waals surface area contributed by atoms with Gasteiger partial charge in [0.25, 0.3) is 5.91 Å². The Morgan fingerprint density at radius 3 is 2.78 bits per heavy atom. The lowest BCUT2D eigenvalue weighted by Gasteiger charge is -2.44. The van der Waals surface area contributed by atoms with E-state index in [4.69, 9.17) is 4.74 Å². The summed E-state index contributed by atoms with van der Waals surface area (Å²) in [6.45, 7) is 2.03. The molecule has 0 aromatic carbocycles. The van der Waals surface area contributed by atoms with Gasteiger partial charge in [0.15, 0.2) is 0 Å². The van der Waals surface area contributed by atoms with Gasteiger partial charge in [-0.25, -0.2) is 4.98 Å². The predicted molar refractivity (Wildman–Crippen MR) is 102 cm³/mol. The molecule has 0 bridgehead atoms. The number of hydrogen-bond acceptors (Lipinski definition) is 4. The highest BCUT2D eigenvalue weighted by molar-refractivity contribution is 5.97. The third-order valence-corrected chi connectivity index (χ3v) is 6.62.